The zero-order valence-electron chi connectivity index (χ0n) is 21.4. The predicted molar refractivity (Wildman–Crippen MR) is 124 cm³/mol. The molecule has 3 aliphatic carbocycles. The van der Waals surface area contributed by atoms with Crippen molar-refractivity contribution in [1.82, 2.24) is 0 Å². The number of hydrogen-bond donors (Lipinski definition) is 2. The molecule has 2 N–H and O–H groups in total. The van der Waals surface area contributed by atoms with Gasteiger partial charge >= 0.3 is 11.9 Å². The highest BCUT2D eigenvalue weighted by Gasteiger charge is 2.92. The highest BCUT2D eigenvalue weighted by molar-refractivity contribution is 6.02. The van der Waals surface area contributed by atoms with Crippen LogP contribution in [0.25, 0.3) is 0 Å². The Morgan fingerprint density at radius 1 is 1.05 bits per heavy atom. The van der Waals surface area contributed by atoms with E-state index in [4.69, 9.17) is 18.9 Å². The summed E-state index contributed by atoms with van der Waals surface area (Å²) in [6, 6.07) is 0. The topological polar surface area (TPSA) is 149 Å². The second-order valence-electron chi connectivity index (χ2n) is 13.3. The maximum Gasteiger partial charge on any atom is 0.342 e. The molecular weight excluding hydrogens is 496 g/mol. The van der Waals surface area contributed by atoms with Crippen molar-refractivity contribution in [1.29, 1.82) is 0 Å². The Balaban J connectivity index is 1.39. The molecule has 2 saturated carbocycles. The van der Waals surface area contributed by atoms with E-state index in [1.54, 1.807) is 19.9 Å². The summed E-state index contributed by atoms with van der Waals surface area (Å²) in [4.78, 5) is 54.7. The molecule has 5 heterocycles. The van der Waals surface area contributed by atoms with Crippen LogP contribution >= 0.6 is 0 Å². The Morgan fingerprint density at radius 2 is 1.79 bits per heavy atom. The molecule has 8 rings (SSSR count). The van der Waals surface area contributed by atoms with E-state index in [2.05, 4.69) is 6.58 Å². The lowest BCUT2D eigenvalue weighted by molar-refractivity contribution is -0.342. The van der Waals surface area contributed by atoms with Gasteiger partial charge in [0.25, 0.3) is 0 Å². The Bertz CT molecular complexity index is 1350. The van der Waals surface area contributed by atoms with Crippen LogP contribution in [0, 0.1) is 28.6 Å². The maximum absolute atomic E-state index is 14.6. The third kappa shape index (κ3) is 1.91. The molecule has 0 unspecified atom stereocenters. The Hall–Kier alpha value is -2.40. The van der Waals surface area contributed by atoms with Crippen LogP contribution in [0.3, 0.4) is 0 Å². The minimum absolute atomic E-state index is 0.0200. The first-order valence-corrected chi connectivity index (χ1v) is 13.4. The van der Waals surface area contributed by atoms with Crippen LogP contribution in [-0.2, 0) is 38.1 Å². The Morgan fingerprint density at radius 3 is 2.53 bits per heavy atom. The molecule has 2 spiro atoms. The highest BCUT2D eigenvalue weighted by atomic mass is 16.7. The maximum atomic E-state index is 14.6. The molecule has 38 heavy (non-hydrogen) atoms. The number of ketones is 2. The minimum Gasteiger partial charge on any atom is -0.455 e. The number of aliphatic hydroxyl groups is 2. The van der Waals surface area contributed by atoms with Gasteiger partial charge in [0.15, 0.2) is 28.4 Å². The first-order chi connectivity index (χ1) is 17.7. The summed E-state index contributed by atoms with van der Waals surface area (Å²) in [6.07, 6.45) is 2.80. The number of allylic oxidation sites excluding steroid dienone is 1. The SMILES string of the molecule is C=C1C(=O)O[C@@H]2C[C@@]1(C)[C@@H]1C(=O)[C@@]3(O)O[C@]14[C@@]2(C)OC(=O)[C@@]4(O)CC[C@H]1[C@H]3C[C@H]2O[C@]23CC=CC(=O)[C@]13C. The van der Waals surface area contributed by atoms with Gasteiger partial charge in [0.1, 0.15) is 11.7 Å². The molecule has 0 aromatic rings. The minimum atomic E-state index is -2.47. The van der Waals surface area contributed by atoms with E-state index >= 15 is 0 Å². The summed E-state index contributed by atoms with van der Waals surface area (Å²) in [6.45, 7) is 8.91. The fraction of sp³-hybridized carbons (Fsp3) is 0.714. The van der Waals surface area contributed by atoms with Crippen LogP contribution in [-0.4, -0.2) is 74.1 Å². The monoisotopic (exact) mass is 526 g/mol. The van der Waals surface area contributed by atoms with E-state index in [1.165, 1.54) is 13.0 Å². The van der Waals surface area contributed by atoms with E-state index < -0.39 is 80.6 Å². The molecule has 202 valence electrons. The highest BCUT2D eigenvalue weighted by Crippen LogP contribution is 2.75. The van der Waals surface area contributed by atoms with Gasteiger partial charge in [-0.25, -0.2) is 9.59 Å². The number of carbonyl (C=O) groups is 4. The molecule has 0 amide bonds. The molecule has 10 heteroatoms. The van der Waals surface area contributed by atoms with Crippen molar-refractivity contribution < 1.29 is 48.3 Å². The van der Waals surface area contributed by atoms with Crippen molar-refractivity contribution in [2.45, 2.75) is 93.3 Å². The van der Waals surface area contributed by atoms with Crippen LogP contribution in [0.5, 0.6) is 0 Å². The molecule has 5 aliphatic heterocycles. The summed E-state index contributed by atoms with van der Waals surface area (Å²) in [5.74, 6) is -7.90. The van der Waals surface area contributed by atoms with Crippen molar-refractivity contribution in [2.75, 3.05) is 0 Å². The Kier molecular flexibility index (Phi) is 3.72. The summed E-state index contributed by atoms with van der Waals surface area (Å²) in [5.41, 5.74) is -9.24. The lowest BCUT2D eigenvalue weighted by Crippen LogP contribution is -2.77. The Labute approximate surface area is 218 Å². The van der Waals surface area contributed by atoms with Crippen molar-refractivity contribution in [2.24, 2.45) is 28.6 Å². The average molecular weight is 527 g/mol. The number of rotatable bonds is 0. The summed E-state index contributed by atoms with van der Waals surface area (Å²) in [5, 5.41) is 24.8. The number of Topliss-reactive ketones (excluding diaryl/α,β-unsaturated/α-hetero) is 1. The number of carbonyl (C=O) groups excluding carboxylic acids is 4. The quantitative estimate of drug-likeness (QED) is 0.262. The van der Waals surface area contributed by atoms with Crippen LogP contribution in [0.2, 0.25) is 0 Å². The number of hydrogen-bond acceptors (Lipinski definition) is 10. The van der Waals surface area contributed by atoms with Gasteiger partial charge < -0.3 is 29.2 Å². The van der Waals surface area contributed by atoms with Crippen molar-refractivity contribution in [3.8, 4) is 0 Å². The predicted octanol–water partition coefficient (Wildman–Crippen LogP) is 0.670. The lowest BCUT2D eigenvalue weighted by atomic mass is 9.47. The van der Waals surface area contributed by atoms with Gasteiger partial charge in [-0.3, -0.25) is 9.59 Å². The van der Waals surface area contributed by atoms with Gasteiger partial charge in [0.2, 0.25) is 5.79 Å². The largest absolute Gasteiger partial charge is 0.455 e. The normalized spacial score (nSPS) is 61.1. The van der Waals surface area contributed by atoms with Gasteiger partial charge in [-0.15, -0.1) is 0 Å². The zero-order valence-corrected chi connectivity index (χ0v) is 21.4. The lowest BCUT2D eigenvalue weighted by Gasteiger charge is -2.60. The van der Waals surface area contributed by atoms with Crippen molar-refractivity contribution in [3.05, 3.63) is 24.3 Å². The zero-order chi connectivity index (χ0) is 27.1. The second-order valence-corrected chi connectivity index (χ2v) is 13.3. The van der Waals surface area contributed by atoms with Gasteiger partial charge in [-0.2, -0.15) is 0 Å². The number of esters is 2. The van der Waals surface area contributed by atoms with E-state index in [0.29, 0.717) is 6.42 Å². The molecule has 4 bridgehead atoms. The molecule has 0 radical (unpaired) electrons. The van der Waals surface area contributed by atoms with Crippen LogP contribution in [0.4, 0.5) is 0 Å². The van der Waals surface area contributed by atoms with E-state index in [-0.39, 0.29) is 43.1 Å². The van der Waals surface area contributed by atoms with Gasteiger partial charge in [0.05, 0.1) is 17.4 Å². The molecule has 0 aromatic carbocycles. The van der Waals surface area contributed by atoms with Crippen molar-refractivity contribution >= 4 is 23.5 Å². The molecule has 8 aliphatic rings. The fourth-order valence-corrected chi connectivity index (χ4v) is 10.2. The number of ether oxygens (including phenoxy) is 4. The molecule has 5 saturated heterocycles. The summed E-state index contributed by atoms with van der Waals surface area (Å²) in [7, 11) is 0. The molecule has 12 atom stereocenters. The number of epoxide rings is 1. The standard InChI is InChI=1S/C28H30O10/c1-12-20(31)35-17-11-22(12,2)18-19(30)27(34)14-10-16-26(36-16)8-5-6-15(29)23(26,3)13(14)7-9-25(33)21(32)37-24(17,4)28(18,25)38-27/h5-6,13-14,16-18,33-34H,1,7-11H2,2-4H3/t13-,14+,16+,17+,18-,22+,23-,24-,25-,26+,27-,28-/m0/s1. The van der Waals surface area contributed by atoms with E-state index in [9.17, 15) is 29.4 Å². The van der Waals surface area contributed by atoms with Crippen LogP contribution < -0.4 is 0 Å². The molecular formula is C28H30O10. The third-order valence-electron chi connectivity index (χ3n) is 12.3. The van der Waals surface area contributed by atoms with Crippen molar-refractivity contribution in [3.63, 3.8) is 0 Å². The van der Waals surface area contributed by atoms with Gasteiger partial charge in [-0.1, -0.05) is 19.6 Å². The van der Waals surface area contributed by atoms with E-state index in [1.807, 2.05) is 0 Å². The molecule has 0 aromatic heterocycles. The van der Waals surface area contributed by atoms with Crippen LogP contribution in [0.1, 0.15) is 52.9 Å². The van der Waals surface area contributed by atoms with E-state index in [0.717, 1.165) is 0 Å². The molecule has 7 fully saturated rings. The second kappa shape index (κ2) is 6.01. The fourth-order valence-electron chi connectivity index (χ4n) is 10.2. The molecule has 10 nitrogen and oxygen atoms in total. The summed E-state index contributed by atoms with van der Waals surface area (Å²) >= 11 is 0. The summed E-state index contributed by atoms with van der Waals surface area (Å²) < 4.78 is 24.2. The third-order valence-corrected chi connectivity index (χ3v) is 12.3. The smallest absolute Gasteiger partial charge is 0.342 e. The van der Waals surface area contributed by atoms with Gasteiger partial charge in [0, 0.05) is 16.9 Å². The first-order valence-electron chi connectivity index (χ1n) is 13.4. The first kappa shape index (κ1) is 23.5. The average Bonchev–Trinajstić information content (AvgIpc) is 3.45. The van der Waals surface area contributed by atoms with Crippen LogP contribution in [0.15, 0.2) is 24.3 Å². The van der Waals surface area contributed by atoms with Gasteiger partial charge in [-0.05, 0) is 57.9 Å². The number of fused-ring (bicyclic) bond motifs is 8.